The van der Waals surface area contributed by atoms with E-state index in [-0.39, 0.29) is 10.7 Å². The minimum absolute atomic E-state index is 0.0721. The largest absolute Gasteiger partial charge is 0.295 e. The quantitative estimate of drug-likeness (QED) is 0.529. The Morgan fingerprint density at radius 2 is 1.71 bits per heavy atom. The van der Waals surface area contributed by atoms with Gasteiger partial charge in [-0.15, -0.1) is 0 Å². The van der Waals surface area contributed by atoms with Crippen LogP contribution in [0.4, 0.5) is 0 Å². The number of unbranched alkanes of at least 4 members (excludes halogenated alkanes) is 3. The summed E-state index contributed by atoms with van der Waals surface area (Å²) in [4.78, 5) is 11.4. The van der Waals surface area contributed by atoms with Crippen molar-refractivity contribution in [3.63, 3.8) is 0 Å². The fourth-order valence-electron chi connectivity index (χ4n) is 1.88. The normalized spacial score (nSPS) is 11.5. The molecule has 0 heterocycles. The monoisotopic (exact) mass is 329 g/mol. The number of benzene rings is 1. The Balaban J connectivity index is 2.41. The number of nitrogens with one attached hydrogen (secondary N) is 1. The molecule has 1 N–H and O–H groups in total. The average molecular weight is 329 g/mol. The zero-order chi connectivity index (χ0) is 15.7. The first kappa shape index (κ1) is 18.2. The Morgan fingerprint density at radius 1 is 1.10 bits per heavy atom. The number of rotatable bonds is 10. The number of hydrogen-bond donors (Lipinski definition) is 1. The number of Topliss-reactive ketones (excluding diaryl/α,β-unsaturated/α-hetero) is 1. The van der Waals surface area contributed by atoms with E-state index in [0.29, 0.717) is 12.1 Å². The third-order valence-electron chi connectivity index (χ3n) is 3.14. The van der Waals surface area contributed by atoms with Crippen LogP contribution in [0, 0.1) is 0 Å². The van der Waals surface area contributed by atoms with Crippen LogP contribution in [0.15, 0.2) is 29.2 Å². The van der Waals surface area contributed by atoms with Crippen molar-refractivity contribution in [3.05, 3.63) is 29.8 Å². The summed E-state index contributed by atoms with van der Waals surface area (Å²) in [7, 11) is -3.47. The molecule has 0 aliphatic rings. The number of ketones is 1. The Bertz CT molecular complexity index is 539. The summed E-state index contributed by atoms with van der Waals surface area (Å²) >= 11 is 1.83. The topological polar surface area (TPSA) is 63.2 Å². The molecule has 0 fully saturated rings. The minimum atomic E-state index is -3.47. The highest BCUT2D eigenvalue weighted by molar-refractivity contribution is 7.98. The van der Waals surface area contributed by atoms with Gasteiger partial charge in [0.05, 0.1) is 4.90 Å². The summed E-state index contributed by atoms with van der Waals surface area (Å²) in [5.74, 6) is 1.09. The van der Waals surface area contributed by atoms with Crippen LogP contribution in [0.1, 0.15) is 43.0 Å². The SMILES string of the molecule is CSCCCCCCNS(=O)(=O)c1ccc(C(C)=O)cc1. The number of thioether (sulfide) groups is 1. The molecular weight excluding hydrogens is 306 g/mol. The Morgan fingerprint density at radius 3 is 2.29 bits per heavy atom. The number of carbonyl (C=O) groups is 1. The van der Waals surface area contributed by atoms with Crippen molar-refractivity contribution in [3.8, 4) is 0 Å². The summed E-state index contributed by atoms with van der Waals surface area (Å²) in [6, 6.07) is 6.02. The molecule has 1 aromatic rings. The van der Waals surface area contributed by atoms with Crippen LogP contribution in [0.5, 0.6) is 0 Å². The smallest absolute Gasteiger partial charge is 0.240 e. The molecule has 0 aromatic heterocycles. The van der Waals surface area contributed by atoms with Crippen LogP contribution in [0.2, 0.25) is 0 Å². The lowest BCUT2D eigenvalue weighted by Crippen LogP contribution is -2.24. The molecule has 0 bridgehead atoms. The summed E-state index contributed by atoms with van der Waals surface area (Å²) < 4.78 is 26.7. The van der Waals surface area contributed by atoms with E-state index >= 15 is 0 Å². The van der Waals surface area contributed by atoms with E-state index in [1.165, 1.54) is 25.5 Å². The first-order valence-corrected chi connectivity index (χ1v) is 9.94. The summed E-state index contributed by atoms with van der Waals surface area (Å²) in [6.45, 7) is 1.91. The third-order valence-corrected chi connectivity index (χ3v) is 5.31. The van der Waals surface area contributed by atoms with Gasteiger partial charge in [-0.25, -0.2) is 13.1 Å². The van der Waals surface area contributed by atoms with Gasteiger partial charge in [0.2, 0.25) is 10.0 Å². The fourth-order valence-corrected chi connectivity index (χ4v) is 3.45. The van der Waals surface area contributed by atoms with E-state index in [4.69, 9.17) is 0 Å². The van der Waals surface area contributed by atoms with Crippen LogP contribution < -0.4 is 4.72 Å². The maximum Gasteiger partial charge on any atom is 0.240 e. The molecule has 0 radical (unpaired) electrons. The second kappa shape index (κ2) is 9.23. The molecule has 0 saturated carbocycles. The van der Waals surface area contributed by atoms with E-state index in [2.05, 4.69) is 11.0 Å². The zero-order valence-corrected chi connectivity index (χ0v) is 14.2. The van der Waals surface area contributed by atoms with Crippen molar-refractivity contribution < 1.29 is 13.2 Å². The van der Waals surface area contributed by atoms with E-state index in [1.54, 1.807) is 12.1 Å². The van der Waals surface area contributed by atoms with Gasteiger partial charge in [0.25, 0.3) is 0 Å². The number of hydrogen-bond acceptors (Lipinski definition) is 4. The molecule has 0 atom stereocenters. The molecule has 0 amide bonds. The molecule has 0 aliphatic heterocycles. The van der Waals surface area contributed by atoms with Gasteiger partial charge in [-0.3, -0.25) is 4.79 Å². The van der Waals surface area contributed by atoms with E-state index in [1.807, 2.05) is 11.8 Å². The van der Waals surface area contributed by atoms with Gasteiger partial charge in [0.15, 0.2) is 5.78 Å². The molecule has 0 saturated heterocycles. The number of carbonyl (C=O) groups excluding carboxylic acids is 1. The lowest BCUT2D eigenvalue weighted by Gasteiger charge is -2.07. The molecule has 0 spiro atoms. The van der Waals surface area contributed by atoms with E-state index < -0.39 is 10.0 Å². The van der Waals surface area contributed by atoms with Crippen LogP contribution in [0.3, 0.4) is 0 Å². The first-order valence-electron chi connectivity index (χ1n) is 7.07. The van der Waals surface area contributed by atoms with Gasteiger partial charge in [0, 0.05) is 12.1 Å². The number of sulfonamides is 1. The van der Waals surface area contributed by atoms with Gasteiger partial charge in [-0.05, 0) is 43.9 Å². The Labute approximate surface area is 131 Å². The summed E-state index contributed by atoms with van der Waals surface area (Å²) in [6.07, 6.45) is 6.29. The van der Waals surface area contributed by atoms with Gasteiger partial charge >= 0.3 is 0 Å². The molecule has 0 aliphatic carbocycles. The summed E-state index contributed by atoms with van der Waals surface area (Å²) in [5, 5.41) is 0. The highest BCUT2D eigenvalue weighted by Gasteiger charge is 2.13. The minimum Gasteiger partial charge on any atom is -0.295 e. The van der Waals surface area contributed by atoms with Crippen molar-refractivity contribution >= 4 is 27.6 Å². The van der Waals surface area contributed by atoms with E-state index in [0.717, 1.165) is 25.0 Å². The van der Waals surface area contributed by atoms with Crippen LogP contribution in [0.25, 0.3) is 0 Å². The maximum atomic E-state index is 12.0. The van der Waals surface area contributed by atoms with Crippen molar-refractivity contribution in [2.24, 2.45) is 0 Å². The lowest BCUT2D eigenvalue weighted by molar-refractivity contribution is 0.101. The molecular formula is C15H23NO3S2. The standard InChI is InChI=1S/C15H23NO3S2/c1-13(17)14-7-9-15(10-8-14)21(18,19)16-11-5-3-4-6-12-20-2/h7-10,16H,3-6,11-12H2,1-2H3. The molecule has 6 heteroatoms. The second-order valence-electron chi connectivity index (χ2n) is 4.89. The highest BCUT2D eigenvalue weighted by Crippen LogP contribution is 2.11. The first-order chi connectivity index (χ1) is 9.97. The molecule has 1 rings (SSSR count). The Kier molecular flexibility index (Phi) is 8.00. The van der Waals surface area contributed by atoms with Crippen molar-refractivity contribution in [1.29, 1.82) is 0 Å². The van der Waals surface area contributed by atoms with Gasteiger partial charge in [-0.2, -0.15) is 11.8 Å². The molecule has 0 unspecified atom stereocenters. The maximum absolute atomic E-state index is 12.0. The van der Waals surface area contributed by atoms with Crippen molar-refractivity contribution in [2.45, 2.75) is 37.5 Å². The van der Waals surface area contributed by atoms with Crippen molar-refractivity contribution in [1.82, 2.24) is 4.72 Å². The van der Waals surface area contributed by atoms with Crippen LogP contribution in [-0.4, -0.2) is 32.8 Å². The fraction of sp³-hybridized carbons (Fsp3) is 0.533. The van der Waals surface area contributed by atoms with Crippen molar-refractivity contribution in [2.75, 3.05) is 18.6 Å². The van der Waals surface area contributed by atoms with Gasteiger partial charge in [0.1, 0.15) is 0 Å². The average Bonchev–Trinajstić information content (AvgIpc) is 2.46. The summed E-state index contributed by atoms with van der Waals surface area (Å²) in [5.41, 5.74) is 0.516. The lowest BCUT2D eigenvalue weighted by atomic mass is 10.2. The molecule has 1 aromatic carbocycles. The predicted octanol–water partition coefficient (Wildman–Crippen LogP) is 3.09. The van der Waals surface area contributed by atoms with Gasteiger partial charge < -0.3 is 0 Å². The van der Waals surface area contributed by atoms with Crippen LogP contribution >= 0.6 is 11.8 Å². The second-order valence-corrected chi connectivity index (χ2v) is 7.64. The Hall–Kier alpha value is -0.850. The highest BCUT2D eigenvalue weighted by atomic mass is 32.2. The third kappa shape index (κ3) is 6.63. The van der Waals surface area contributed by atoms with E-state index in [9.17, 15) is 13.2 Å². The van der Waals surface area contributed by atoms with Crippen LogP contribution in [-0.2, 0) is 10.0 Å². The molecule has 4 nitrogen and oxygen atoms in total. The molecule has 21 heavy (non-hydrogen) atoms. The zero-order valence-electron chi connectivity index (χ0n) is 12.6. The van der Waals surface area contributed by atoms with Gasteiger partial charge in [-0.1, -0.05) is 25.0 Å². The predicted molar refractivity (Wildman–Crippen MR) is 88.5 cm³/mol. The molecule has 118 valence electrons.